The van der Waals surface area contributed by atoms with Crippen LogP contribution in [0.15, 0.2) is 24.3 Å². The van der Waals surface area contributed by atoms with Crippen molar-refractivity contribution in [3.8, 4) is 0 Å². The monoisotopic (exact) mass is 310 g/mol. The molecule has 116 valence electrons. The Morgan fingerprint density at radius 3 is 2.81 bits per heavy atom. The van der Waals surface area contributed by atoms with E-state index in [0.29, 0.717) is 18.2 Å². The third kappa shape index (κ3) is 3.24. The largest absolute Gasteiger partial charge is 0.320 e. The van der Waals surface area contributed by atoms with Gasteiger partial charge in [-0.2, -0.15) is 11.8 Å². The van der Waals surface area contributed by atoms with Crippen LogP contribution in [0.25, 0.3) is 0 Å². The minimum atomic E-state index is -0.574. The van der Waals surface area contributed by atoms with Gasteiger partial charge in [0.05, 0.1) is 5.54 Å². The summed E-state index contributed by atoms with van der Waals surface area (Å²) in [6.45, 7) is 6.67. The highest BCUT2D eigenvalue weighted by Crippen LogP contribution is 2.33. The molecule has 21 heavy (non-hydrogen) atoms. The van der Waals surface area contributed by atoms with Crippen LogP contribution < -0.4 is 5.32 Å². The van der Waals surface area contributed by atoms with Gasteiger partial charge in [0.25, 0.3) is 0 Å². The lowest BCUT2D eigenvalue weighted by molar-refractivity contribution is -0.133. The number of nitrogens with one attached hydrogen (secondary N) is 1. The number of thioether (sulfide) groups is 1. The van der Waals surface area contributed by atoms with Gasteiger partial charge in [-0.15, -0.1) is 0 Å². The molecule has 5 heteroatoms. The lowest BCUT2D eigenvalue weighted by Gasteiger charge is -2.26. The van der Waals surface area contributed by atoms with Gasteiger partial charge in [-0.05, 0) is 37.3 Å². The number of halogens is 1. The van der Waals surface area contributed by atoms with Crippen LogP contribution in [0.2, 0.25) is 0 Å². The highest BCUT2D eigenvalue weighted by Gasteiger charge is 2.47. The minimum absolute atomic E-state index is 0.0974. The summed E-state index contributed by atoms with van der Waals surface area (Å²) in [5.41, 5.74) is 0.226. The van der Waals surface area contributed by atoms with Crippen LogP contribution in [-0.2, 0) is 4.79 Å². The zero-order valence-corrected chi connectivity index (χ0v) is 13.8. The van der Waals surface area contributed by atoms with Crippen molar-refractivity contribution in [1.29, 1.82) is 0 Å². The van der Waals surface area contributed by atoms with E-state index in [1.807, 2.05) is 31.1 Å². The number of amides is 1. The van der Waals surface area contributed by atoms with Crippen LogP contribution in [0.3, 0.4) is 0 Å². The second-order valence-corrected chi connectivity index (χ2v) is 7.07. The molecule has 1 aliphatic rings. The van der Waals surface area contributed by atoms with E-state index < -0.39 is 5.54 Å². The summed E-state index contributed by atoms with van der Waals surface area (Å²) in [7, 11) is 0. The van der Waals surface area contributed by atoms with Gasteiger partial charge in [0.1, 0.15) is 12.0 Å². The molecule has 0 saturated carbocycles. The molecule has 1 aromatic carbocycles. The van der Waals surface area contributed by atoms with Gasteiger partial charge in [-0.1, -0.05) is 26.0 Å². The highest BCUT2D eigenvalue weighted by molar-refractivity contribution is 7.99. The zero-order valence-electron chi connectivity index (χ0n) is 13.0. The van der Waals surface area contributed by atoms with Crippen molar-refractivity contribution in [3.63, 3.8) is 0 Å². The van der Waals surface area contributed by atoms with Crippen molar-refractivity contribution < 1.29 is 9.18 Å². The molecule has 3 atom stereocenters. The third-order valence-electron chi connectivity index (χ3n) is 4.23. The lowest BCUT2D eigenvalue weighted by atomic mass is 9.99. The number of nitrogens with zero attached hydrogens (tertiary/aromatic N) is 1. The van der Waals surface area contributed by atoms with Crippen molar-refractivity contribution in [3.05, 3.63) is 35.6 Å². The predicted octanol–water partition coefficient (Wildman–Crippen LogP) is 3.18. The fourth-order valence-electron chi connectivity index (χ4n) is 2.61. The molecule has 3 nitrogen and oxygen atoms in total. The Morgan fingerprint density at radius 2 is 2.24 bits per heavy atom. The van der Waals surface area contributed by atoms with E-state index >= 15 is 0 Å². The average molecular weight is 310 g/mol. The van der Waals surface area contributed by atoms with E-state index in [-0.39, 0.29) is 17.9 Å². The van der Waals surface area contributed by atoms with Crippen LogP contribution in [0, 0.1) is 5.82 Å². The van der Waals surface area contributed by atoms with Crippen molar-refractivity contribution >= 4 is 17.7 Å². The zero-order chi connectivity index (χ0) is 15.6. The molecule has 0 spiro atoms. The summed E-state index contributed by atoms with van der Waals surface area (Å²) in [5, 5.41) is 3.73. The van der Waals surface area contributed by atoms with Crippen molar-refractivity contribution in [2.75, 3.05) is 12.8 Å². The summed E-state index contributed by atoms with van der Waals surface area (Å²) >= 11 is 1.73. The molecule has 1 fully saturated rings. The smallest absolute Gasteiger partial charge is 0.244 e. The van der Waals surface area contributed by atoms with Crippen LogP contribution in [-0.4, -0.2) is 34.4 Å². The first kappa shape index (κ1) is 16.3. The average Bonchev–Trinajstić information content (AvgIpc) is 2.73. The Hall–Kier alpha value is -1.07. The van der Waals surface area contributed by atoms with Crippen LogP contribution >= 0.6 is 11.8 Å². The van der Waals surface area contributed by atoms with E-state index in [0.717, 1.165) is 5.56 Å². The van der Waals surface area contributed by atoms with E-state index in [4.69, 9.17) is 0 Å². The number of rotatable bonds is 5. The molecule has 1 aromatic rings. The quantitative estimate of drug-likeness (QED) is 0.906. The molecule has 2 rings (SSSR count). The predicted molar refractivity (Wildman–Crippen MR) is 85.7 cm³/mol. The number of hydrogen-bond donors (Lipinski definition) is 1. The van der Waals surface area contributed by atoms with Gasteiger partial charge in [0.15, 0.2) is 0 Å². The SMILES string of the molecule is CCC1(C)NC(c2cccc(F)c2)N(CC(C)SC)C1=O. The fourth-order valence-corrected chi connectivity index (χ4v) is 2.92. The molecule has 0 bridgehead atoms. The van der Waals surface area contributed by atoms with Crippen LogP contribution in [0.4, 0.5) is 4.39 Å². The number of hydrogen-bond acceptors (Lipinski definition) is 3. The normalized spacial score (nSPS) is 27.2. The third-order valence-corrected chi connectivity index (χ3v) is 5.18. The van der Waals surface area contributed by atoms with Gasteiger partial charge in [0, 0.05) is 11.8 Å². The summed E-state index contributed by atoms with van der Waals surface area (Å²) < 4.78 is 13.5. The summed E-state index contributed by atoms with van der Waals surface area (Å²) in [5.74, 6) is -0.176. The topological polar surface area (TPSA) is 32.3 Å². The maximum Gasteiger partial charge on any atom is 0.244 e. The van der Waals surface area contributed by atoms with Crippen molar-refractivity contribution in [2.45, 2.75) is 44.1 Å². The second kappa shape index (κ2) is 6.36. The van der Waals surface area contributed by atoms with E-state index in [1.165, 1.54) is 12.1 Å². The van der Waals surface area contributed by atoms with Crippen LogP contribution in [0.5, 0.6) is 0 Å². The molecule has 0 aliphatic carbocycles. The van der Waals surface area contributed by atoms with E-state index in [1.54, 1.807) is 17.8 Å². The second-order valence-electron chi connectivity index (χ2n) is 5.79. The standard InChI is InChI=1S/C16H23FN2OS/c1-5-16(3)15(20)19(10-11(2)21-4)14(18-16)12-7-6-8-13(17)9-12/h6-9,11,14,18H,5,10H2,1-4H3. The van der Waals surface area contributed by atoms with Crippen molar-refractivity contribution in [1.82, 2.24) is 10.2 Å². The first-order valence-corrected chi connectivity index (χ1v) is 8.57. The number of carbonyl (C=O) groups excluding carboxylic acids is 1. The molecule has 1 saturated heterocycles. The Kier molecular flexibility index (Phi) is 4.94. The maximum atomic E-state index is 13.5. The molecular formula is C16H23FN2OS. The van der Waals surface area contributed by atoms with Crippen LogP contribution in [0.1, 0.15) is 38.9 Å². The highest BCUT2D eigenvalue weighted by atomic mass is 32.2. The Bertz CT molecular complexity index is 525. The molecule has 1 amide bonds. The first-order valence-electron chi connectivity index (χ1n) is 7.28. The molecular weight excluding hydrogens is 287 g/mol. The Labute approximate surface area is 130 Å². The Morgan fingerprint density at radius 1 is 1.52 bits per heavy atom. The summed E-state index contributed by atoms with van der Waals surface area (Å²) in [6.07, 6.45) is 2.49. The van der Waals surface area contributed by atoms with Gasteiger partial charge in [-0.3, -0.25) is 10.1 Å². The lowest BCUT2D eigenvalue weighted by Crippen LogP contribution is -2.43. The fraction of sp³-hybridized carbons (Fsp3) is 0.562. The first-order chi connectivity index (χ1) is 9.91. The molecule has 0 aromatic heterocycles. The van der Waals surface area contributed by atoms with Gasteiger partial charge < -0.3 is 4.90 Å². The number of benzene rings is 1. The molecule has 1 aliphatic heterocycles. The molecule has 3 unspecified atom stereocenters. The maximum absolute atomic E-state index is 13.5. The minimum Gasteiger partial charge on any atom is -0.320 e. The molecule has 0 radical (unpaired) electrons. The number of carbonyl (C=O) groups is 1. The Balaban J connectivity index is 2.34. The van der Waals surface area contributed by atoms with E-state index in [9.17, 15) is 9.18 Å². The van der Waals surface area contributed by atoms with Gasteiger partial charge in [-0.25, -0.2) is 4.39 Å². The van der Waals surface area contributed by atoms with Gasteiger partial charge in [0.2, 0.25) is 5.91 Å². The van der Waals surface area contributed by atoms with Crippen molar-refractivity contribution in [2.24, 2.45) is 0 Å². The molecule has 1 N–H and O–H groups in total. The summed E-state index contributed by atoms with van der Waals surface area (Å²) in [4.78, 5) is 14.6. The molecule has 1 heterocycles. The summed E-state index contributed by atoms with van der Waals surface area (Å²) in [6, 6.07) is 6.48. The van der Waals surface area contributed by atoms with E-state index in [2.05, 4.69) is 12.2 Å². The van der Waals surface area contributed by atoms with Gasteiger partial charge >= 0.3 is 0 Å².